The fourth-order valence-corrected chi connectivity index (χ4v) is 3.86. The standard InChI is InChI=1S/C26H23FO4/c1-16(28)13-23(17-5-6-17)20-3-2-4-22(14-20)31-26(30)19-9-7-18(8-10-19)24-15-21(29)11-12-25(24)27/h2-4,7-12,14-15,17,23,29H,5-6,13H2,1H3/t23-/m0/s1. The minimum absolute atomic E-state index is 0.0333. The van der Waals surface area contributed by atoms with E-state index in [1.165, 1.54) is 18.2 Å². The van der Waals surface area contributed by atoms with Gasteiger partial charge in [-0.15, -0.1) is 0 Å². The van der Waals surface area contributed by atoms with Gasteiger partial charge in [-0.3, -0.25) is 0 Å². The van der Waals surface area contributed by atoms with Gasteiger partial charge in [-0.1, -0.05) is 24.3 Å². The number of Topliss-reactive ketones (excluding diaryl/α,β-unsaturated/α-hetero) is 1. The van der Waals surface area contributed by atoms with Crippen molar-refractivity contribution >= 4 is 11.8 Å². The molecule has 0 radical (unpaired) electrons. The number of halogens is 1. The van der Waals surface area contributed by atoms with E-state index < -0.39 is 11.8 Å². The summed E-state index contributed by atoms with van der Waals surface area (Å²) in [5.74, 6) is 0.250. The first-order chi connectivity index (χ1) is 14.9. The number of carbonyl (C=O) groups excluding carboxylic acids is 2. The van der Waals surface area contributed by atoms with Gasteiger partial charge in [0.2, 0.25) is 0 Å². The predicted molar refractivity (Wildman–Crippen MR) is 116 cm³/mol. The molecule has 0 aliphatic heterocycles. The summed E-state index contributed by atoms with van der Waals surface area (Å²) in [5.41, 5.74) is 2.14. The van der Waals surface area contributed by atoms with E-state index in [2.05, 4.69) is 0 Å². The van der Waals surface area contributed by atoms with E-state index in [1.807, 2.05) is 18.2 Å². The van der Waals surface area contributed by atoms with Crippen LogP contribution in [0.3, 0.4) is 0 Å². The summed E-state index contributed by atoms with van der Waals surface area (Å²) in [6.07, 6.45) is 2.73. The first-order valence-electron chi connectivity index (χ1n) is 10.3. The molecule has 1 N–H and O–H groups in total. The molecular weight excluding hydrogens is 395 g/mol. The van der Waals surface area contributed by atoms with E-state index in [4.69, 9.17) is 4.74 Å². The first kappa shape index (κ1) is 20.8. The summed E-state index contributed by atoms with van der Waals surface area (Å²) in [6, 6.07) is 17.5. The van der Waals surface area contributed by atoms with Crippen molar-refractivity contribution in [2.45, 2.75) is 32.1 Å². The first-order valence-corrected chi connectivity index (χ1v) is 10.3. The number of hydrogen-bond donors (Lipinski definition) is 1. The number of benzene rings is 3. The summed E-state index contributed by atoms with van der Waals surface area (Å²) in [6.45, 7) is 1.60. The fourth-order valence-electron chi connectivity index (χ4n) is 3.86. The Morgan fingerprint density at radius 3 is 2.48 bits per heavy atom. The number of hydrogen-bond acceptors (Lipinski definition) is 4. The van der Waals surface area contributed by atoms with Crippen LogP contribution in [0.5, 0.6) is 11.5 Å². The second-order valence-electron chi connectivity index (χ2n) is 8.05. The van der Waals surface area contributed by atoms with Crippen molar-refractivity contribution in [2.75, 3.05) is 0 Å². The van der Waals surface area contributed by atoms with Gasteiger partial charge < -0.3 is 14.6 Å². The van der Waals surface area contributed by atoms with E-state index >= 15 is 0 Å². The molecule has 3 aromatic rings. The Labute approximate surface area is 180 Å². The predicted octanol–water partition coefficient (Wildman–Crippen LogP) is 5.89. The number of aromatic hydroxyl groups is 1. The average molecular weight is 418 g/mol. The maximum atomic E-state index is 14.0. The van der Waals surface area contributed by atoms with Gasteiger partial charge in [0, 0.05) is 12.0 Å². The summed E-state index contributed by atoms with van der Waals surface area (Å²) in [4.78, 5) is 24.3. The number of carbonyl (C=O) groups is 2. The lowest BCUT2D eigenvalue weighted by Crippen LogP contribution is -2.10. The molecule has 1 fully saturated rings. The maximum Gasteiger partial charge on any atom is 0.343 e. The van der Waals surface area contributed by atoms with Crippen LogP contribution in [0.15, 0.2) is 66.7 Å². The molecule has 158 valence electrons. The Morgan fingerprint density at radius 2 is 1.81 bits per heavy atom. The van der Waals surface area contributed by atoms with Crippen LogP contribution in [-0.4, -0.2) is 16.9 Å². The molecule has 0 heterocycles. The zero-order chi connectivity index (χ0) is 22.0. The van der Waals surface area contributed by atoms with Gasteiger partial charge in [-0.25, -0.2) is 9.18 Å². The average Bonchev–Trinajstić information content (AvgIpc) is 3.59. The highest BCUT2D eigenvalue weighted by atomic mass is 19.1. The third-order valence-corrected chi connectivity index (χ3v) is 5.58. The van der Waals surface area contributed by atoms with E-state index in [9.17, 15) is 19.1 Å². The van der Waals surface area contributed by atoms with Crippen LogP contribution in [0.25, 0.3) is 11.1 Å². The molecule has 0 aromatic heterocycles. The lowest BCUT2D eigenvalue weighted by Gasteiger charge is -2.16. The van der Waals surface area contributed by atoms with Crippen LogP contribution >= 0.6 is 0 Å². The lowest BCUT2D eigenvalue weighted by molar-refractivity contribution is -0.117. The van der Waals surface area contributed by atoms with E-state index in [0.29, 0.717) is 29.2 Å². The van der Waals surface area contributed by atoms with Gasteiger partial charge in [0.25, 0.3) is 0 Å². The molecule has 0 amide bonds. The van der Waals surface area contributed by atoms with Crippen LogP contribution in [0, 0.1) is 11.7 Å². The van der Waals surface area contributed by atoms with Crippen LogP contribution in [0.1, 0.15) is 48.0 Å². The van der Waals surface area contributed by atoms with Gasteiger partial charge in [0.05, 0.1) is 5.56 Å². The summed E-state index contributed by atoms with van der Waals surface area (Å²) in [7, 11) is 0. The molecule has 4 rings (SSSR count). The Hall–Kier alpha value is -3.47. The summed E-state index contributed by atoms with van der Waals surface area (Å²) < 4.78 is 19.6. The Morgan fingerprint density at radius 1 is 1.06 bits per heavy atom. The van der Waals surface area contributed by atoms with Crippen molar-refractivity contribution < 1.29 is 23.8 Å². The van der Waals surface area contributed by atoms with Crippen LogP contribution in [0.4, 0.5) is 4.39 Å². The van der Waals surface area contributed by atoms with Crippen molar-refractivity contribution in [1.29, 1.82) is 0 Å². The highest BCUT2D eigenvalue weighted by Crippen LogP contribution is 2.45. The molecule has 31 heavy (non-hydrogen) atoms. The number of esters is 1. The summed E-state index contributed by atoms with van der Waals surface area (Å²) in [5, 5.41) is 9.59. The maximum absolute atomic E-state index is 14.0. The third-order valence-electron chi connectivity index (χ3n) is 5.58. The largest absolute Gasteiger partial charge is 0.508 e. The zero-order valence-electron chi connectivity index (χ0n) is 17.2. The van der Waals surface area contributed by atoms with Crippen molar-refractivity contribution in [3.8, 4) is 22.6 Å². The molecular formula is C26H23FO4. The topological polar surface area (TPSA) is 63.6 Å². The molecule has 0 bridgehead atoms. The second kappa shape index (κ2) is 8.72. The van der Waals surface area contributed by atoms with E-state index in [-0.39, 0.29) is 23.0 Å². The fraction of sp³-hybridized carbons (Fsp3) is 0.231. The molecule has 0 saturated heterocycles. The summed E-state index contributed by atoms with van der Waals surface area (Å²) >= 11 is 0. The van der Waals surface area contributed by atoms with Gasteiger partial charge in [0.15, 0.2) is 0 Å². The molecule has 1 atom stereocenters. The van der Waals surface area contributed by atoms with Crippen LogP contribution < -0.4 is 4.74 Å². The third kappa shape index (κ3) is 5.00. The molecule has 3 aromatic carbocycles. The van der Waals surface area contributed by atoms with E-state index in [1.54, 1.807) is 37.3 Å². The minimum Gasteiger partial charge on any atom is -0.508 e. The molecule has 4 nitrogen and oxygen atoms in total. The number of phenolic OH excluding ortho intramolecular Hbond substituents is 1. The van der Waals surface area contributed by atoms with E-state index in [0.717, 1.165) is 18.4 Å². The zero-order valence-corrected chi connectivity index (χ0v) is 17.2. The quantitative estimate of drug-likeness (QED) is 0.384. The Bertz CT molecular complexity index is 1120. The molecule has 1 saturated carbocycles. The highest BCUT2D eigenvalue weighted by Gasteiger charge is 2.33. The minimum atomic E-state index is -0.519. The monoisotopic (exact) mass is 418 g/mol. The Kier molecular flexibility index (Phi) is 5.85. The smallest absolute Gasteiger partial charge is 0.343 e. The normalized spacial score (nSPS) is 14.1. The number of ether oxygens (including phenoxy) is 1. The number of ketones is 1. The van der Waals surface area contributed by atoms with Crippen molar-refractivity contribution in [3.63, 3.8) is 0 Å². The van der Waals surface area contributed by atoms with Gasteiger partial charge in [-0.2, -0.15) is 0 Å². The second-order valence-corrected chi connectivity index (χ2v) is 8.05. The van der Waals surface area contributed by atoms with Crippen LogP contribution in [-0.2, 0) is 4.79 Å². The lowest BCUT2D eigenvalue weighted by atomic mass is 9.89. The van der Waals surface area contributed by atoms with Gasteiger partial charge in [-0.05, 0) is 85.2 Å². The number of phenols is 1. The van der Waals surface area contributed by atoms with Crippen molar-refractivity contribution in [1.82, 2.24) is 0 Å². The molecule has 5 heteroatoms. The Balaban J connectivity index is 1.49. The molecule has 1 aliphatic rings. The van der Waals surface area contributed by atoms with Crippen molar-refractivity contribution in [2.24, 2.45) is 5.92 Å². The molecule has 0 unspecified atom stereocenters. The molecule has 0 spiro atoms. The number of rotatable bonds is 7. The van der Waals surface area contributed by atoms with Gasteiger partial charge >= 0.3 is 5.97 Å². The molecule has 1 aliphatic carbocycles. The van der Waals surface area contributed by atoms with Crippen LogP contribution in [0.2, 0.25) is 0 Å². The van der Waals surface area contributed by atoms with Gasteiger partial charge in [0.1, 0.15) is 23.1 Å². The highest BCUT2D eigenvalue weighted by molar-refractivity contribution is 5.91. The SMILES string of the molecule is CC(=O)C[C@H](c1cccc(OC(=O)c2ccc(-c3cc(O)ccc3F)cc2)c1)C1CC1. The van der Waals surface area contributed by atoms with Crippen molar-refractivity contribution in [3.05, 3.63) is 83.7 Å².